The van der Waals surface area contributed by atoms with Crippen molar-refractivity contribution in [1.82, 2.24) is 25.2 Å². The molecule has 1 aliphatic heterocycles. The highest BCUT2D eigenvalue weighted by Gasteiger charge is 2.38. The Morgan fingerprint density at radius 2 is 1.48 bits per heavy atom. The van der Waals surface area contributed by atoms with E-state index in [1.807, 2.05) is 0 Å². The summed E-state index contributed by atoms with van der Waals surface area (Å²) < 4.78 is 111. The van der Waals surface area contributed by atoms with Gasteiger partial charge in [0.15, 0.2) is 11.6 Å². The number of halogens is 8. The van der Waals surface area contributed by atoms with Crippen molar-refractivity contribution in [3.63, 3.8) is 0 Å². The fourth-order valence-electron chi connectivity index (χ4n) is 6.77. The van der Waals surface area contributed by atoms with Gasteiger partial charge in [-0.15, -0.1) is 5.10 Å². The second-order valence-corrected chi connectivity index (χ2v) is 12.1. The van der Waals surface area contributed by atoms with Crippen LogP contribution in [0.2, 0.25) is 0 Å². The van der Waals surface area contributed by atoms with Crippen molar-refractivity contribution in [1.29, 1.82) is 0 Å². The quantitative estimate of drug-likeness (QED) is 0.190. The van der Waals surface area contributed by atoms with E-state index in [2.05, 4.69) is 20.3 Å². The second-order valence-electron chi connectivity index (χ2n) is 12.1. The molecule has 1 aliphatic carbocycles. The topological polar surface area (TPSA) is 63.0 Å². The summed E-state index contributed by atoms with van der Waals surface area (Å²) in [6.45, 7) is 0.0940. The van der Waals surface area contributed by atoms with Crippen molar-refractivity contribution >= 4 is 22.7 Å². The van der Waals surface area contributed by atoms with Crippen LogP contribution in [-0.4, -0.2) is 37.8 Å². The predicted octanol–water partition coefficient (Wildman–Crippen LogP) is 7.83. The molecule has 6 rings (SSSR count). The Labute approximate surface area is 259 Å². The third kappa shape index (κ3) is 6.73. The molecular formula is C31H31F8N7. The molecule has 2 aromatic heterocycles. The van der Waals surface area contributed by atoms with E-state index in [1.54, 1.807) is 6.07 Å². The van der Waals surface area contributed by atoms with Crippen LogP contribution < -0.4 is 9.80 Å². The molecule has 2 aliphatic rings. The Bertz CT molecular complexity index is 1680. The van der Waals surface area contributed by atoms with Crippen LogP contribution in [0.1, 0.15) is 67.2 Å². The van der Waals surface area contributed by atoms with Crippen molar-refractivity contribution in [2.24, 2.45) is 13.0 Å². The van der Waals surface area contributed by atoms with Crippen LogP contribution in [0.4, 0.5) is 46.9 Å². The monoisotopic (exact) mass is 653 g/mol. The van der Waals surface area contributed by atoms with Crippen LogP contribution in [0.15, 0.2) is 36.4 Å². The van der Waals surface area contributed by atoms with Gasteiger partial charge in [0.2, 0.25) is 0 Å². The van der Waals surface area contributed by atoms with E-state index in [0.29, 0.717) is 36.0 Å². The van der Waals surface area contributed by atoms with Gasteiger partial charge in [-0.1, -0.05) is 24.4 Å². The first-order valence-electron chi connectivity index (χ1n) is 15.1. The van der Waals surface area contributed by atoms with Gasteiger partial charge in [-0.05, 0) is 72.7 Å². The van der Waals surface area contributed by atoms with Crippen molar-refractivity contribution in [2.45, 2.75) is 76.4 Å². The van der Waals surface area contributed by atoms with Gasteiger partial charge in [0, 0.05) is 42.7 Å². The molecule has 1 saturated heterocycles. The molecule has 7 nitrogen and oxygen atoms in total. The number of hydrogen-bond acceptors (Lipinski definition) is 6. The van der Waals surface area contributed by atoms with Gasteiger partial charge < -0.3 is 9.80 Å². The van der Waals surface area contributed by atoms with Crippen LogP contribution in [0, 0.1) is 17.6 Å². The van der Waals surface area contributed by atoms with Gasteiger partial charge in [-0.2, -0.15) is 31.1 Å². The molecule has 4 aromatic rings. The minimum absolute atomic E-state index is 0.0462. The minimum Gasteiger partial charge on any atom is -0.353 e. The predicted molar refractivity (Wildman–Crippen MR) is 154 cm³/mol. The summed E-state index contributed by atoms with van der Waals surface area (Å²) in [5.41, 5.74) is -2.43. The fraction of sp³-hybridized carbons (Fsp3) is 0.484. The molecule has 0 radical (unpaired) electrons. The van der Waals surface area contributed by atoms with Gasteiger partial charge in [0.05, 0.1) is 23.7 Å². The third-order valence-electron chi connectivity index (χ3n) is 8.84. The summed E-state index contributed by atoms with van der Waals surface area (Å²) in [6, 6.07) is 5.22. The van der Waals surface area contributed by atoms with E-state index in [1.165, 1.54) is 18.4 Å². The van der Waals surface area contributed by atoms with Crippen LogP contribution in [0.25, 0.3) is 10.9 Å². The zero-order chi connectivity index (χ0) is 32.8. The highest BCUT2D eigenvalue weighted by molar-refractivity contribution is 5.82. The number of benzene rings is 2. The van der Waals surface area contributed by atoms with Crippen molar-refractivity contribution < 1.29 is 35.1 Å². The zero-order valence-corrected chi connectivity index (χ0v) is 24.8. The van der Waals surface area contributed by atoms with E-state index < -0.39 is 41.7 Å². The third-order valence-corrected chi connectivity index (χ3v) is 8.84. The smallest absolute Gasteiger partial charge is 0.353 e. The fourth-order valence-corrected chi connectivity index (χ4v) is 6.77. The number of tetrazole rings is 1. The largest absolute Gasteiger partial charge is 0.416 e. The standard InChI is InChI=1S/C31H31F8N7/c1-44-42-29(41-43-44)45(16-18-10-22(30(34,35)36)14-23(11-18)31(37,38)39)17-21-12-20-13-24(32)25(33)15-26(20)40-28(21)46-9-5-8-27(46)19-6-3-2-4-7-19/h10-15,19,27H,2-9,16-17H2,1H3/t27-/m1/s1. The summed E-state index contributed by atoms with van der Waals surface area (Å²) >= 11 is 0. The lowest BCUT2D eigenvalue weighted by atomic mass is 9.83. The number of fused-ring (bicyclic) bond motifs is 1. The molecule has 1 atom stereocenters. The Hall–Kier alpha value is -4.04. The molecule has 2 aromatic carbocycles. The van der Waals surface area contributed by atoms with Crippen LogP contribution >= 0.6 is 0 Å². The number of aromatic nitrogens is 5. The average molecular weight is 654 g/mol. The SMILES string of the molecule is Cn1nnc(N(Cc2cc(C(F)(F)F)cc(C(F)(F)F)c2)Cc2cc3cc(F)c(F)cc3nc2N2CCC[C@@H]2C2CCCCC2)n1. The Balaban J connectivity index is 1.45. The molecule has 15 heteroatoms. The average Bonchev–Trinajstić information content (AvgIpc) is 3.66. The Kier molecular flexibility index (Phi) is 8.53. The number of pyridine rings is 1. The summed E-state index contributed by atoms with van der Waals surface area (Å²) in [5.74, 6) is -1.27. The molecule has 246 valence electrons. The summed E-state index contributed by atoms with van der Waals surface area (Å²) in [6.07, 6.45) is -2.75. The van der Waals surface area contributed by atoms with Gasteiger partial charge in [-0.25, -0.2) is 13.8 Å². The van der Waals surface area contributed by atoms with Crippen molar-refractivity contribution in [2.75, 3.05) is 16.3 Å². The van der Waals surface area contributed by atoms with Gasteiger partial charge >= 0.3 is 12.4 Å². The second kappa shape index (κ2) is 12.3. The summed E-state index contributed by atoms with van der Waals surface area (Å²) in [4.78, 5) is 9.48. The van der Waals surface area contributed by atoms with Crippen molar-refractivity contribution in [3.05, 3.63) is 70.3 Å². The van der Waals surface area contributed by atoms with Crippen molar-refractivity contribution in [3.8, 4) is 0 Å². The molecule has 0 bridgehead atoms. The highest BCUT2D eigenvalue weighted by Crippen LogP contribution is 2.40. The molecule has 1 saturated carbocycles. The maximum absolute atomic E-state index is 14.3. The van der Waals surface area contributed by atoms with Gasteiger partial charge in [-0.3, -0.25) is 0 Å². The zero-order valence-electron chi connectivity index (χ0n) is 24.8. The molecule has 0 amide bonds. The number of aryl methyl sites for hydroxylation is 1. The number of rotatable bonds is 7. The van der Waals surface area contributed by atoms with E-state index >= 15 is 0 Å². The first kappa shape index (κ1) is 31.9. The minimum atomic E-state index is -5.02. The maximum Gasteiger partial charge on any atom is 0.416 e. The summed E-state index contributed by atoms with van der Waals surface area (Å²) in [5, 5.41) is 12.3. The lowest BCUT2D eigenvalue weighted by molar-refractivity contribution is -0.143. The number of hydrogen-bond donors (Lipinski definition) is 0. The number of anilines is 2. The molecular weight excluding hydrogens is 622 g/mol. The Morgan fingerprint density at radius 1 is 0.804 bits per heavy atom. The lowest BCUT2D eigenvalue weighted by Gasteiger charge is -2.36. The molecule has 0 spiro atoms. The molecule has 2 fully saturated rings. The normalized spacial score (nSPS) is 18.1. The molecule has 46 heavy (non-hydrogen) atoms. The van der Waals surface area contributed by atoms with Crippen LogP contribution in [-0.2, 0) is 32.5 Å². The van der Waals surface area contributed by atoms with E-state index in [-0.39, 0.29) is 41.1 Å². The summed E-state index contributed by atoms with van der Waals surface area (Å²) in [7, 11) is 1.47. The number of nitrogens with zero attached hydrogens (tertiary/aromatic N) is 7. The molecule has 0 unspecified atom stereocenters. The lowest BCUT2D eigenvalue weighted by Crippen LogP contribution is -2.38. The van der Waals surface area contributed by atoms with E-state index in [4.69, 9.17) is 4.98 Å². The van der Waals surface area contributed by atoms with Crippen LogP contribution in [0.3, 0.4) is 0 Å². The maximum atomic E-state index is 14.3. The first-order chi connectivity index (χ1) is 21.8. The van der Waals surface area contributed by atoms with E-state index in [9.17, 15) is 35.1 Å². The van der Waals surface area contributed by atoms with Crippen LogP contribution in [0.5, 0.6) is 0 Å². The molecule has 3 heterocycles. The number of alkyl halides is 6. The Morgan fingerprint density at radius 3 is 2.11 bits per heavy atom. The first-order valence-corrected chi connectivity index (χ1v) is 15.1. The molecule has 0 N–H and O–H groups in total. The van der Waals surface area contributed by atoms with Gasteiger partial charge in [0.25, 0.3) is 5.95 Å². The van der Waals surface area contributed by atoms with Gasteiger partial charge in [0.1, 0.15) is 5.82 Å². The highest BCUT2D eigenvalue weighted by atomic mass is 19.4. The van der Waals surface area contributed by atoms with E-state index in [0.717, 1.165) is 55.5 Å².